The summed E-state index contributed by atoms with van der Waals surface area (Å²) in [6, 6.07) is 0. The molecule has 0 unspecified atom stereocenters. The number of carbonyl (C=O) groups is 2. The summed E-state index contributed by atoms with van der Waals surface area (Å²) in [5.41, 5.74) is 0. The highest BCUT2D eigenvalue weighted by atomic mass is 32.2. The maximum absolute atomic E-state index is 11.4. The first-order valence-electron chi connectivity index (χ1n) is 5.59. The summed E-state index contributed by atoms with van der Waals surface area (Å²) in [6.45, 7) is 0.142. The van der Waals surface area contributed by atoms with Crippen molar-refractivity contribution in [2.45, 2.75) is 25.7 Å². The molecule has 0 spiro atoms. The quantitative estimate of drug-likeness (QED) is 0.535. The Morgan fingerprint density at radius 1 is 1.12 bits per heavy atom. The minimum absolute atomic E-state index is 0.142. The lowest BCUT2D eigenvalue weighted by Crippen LogP contribution is -2.27. The van der Waals surface area contributed by atoms with Crippen molar-refractivity contribution in [3.63, 3.8) is 0 Å². The lowest BCUT2D eigenvalue weighted by atomic mass is 10.3. The number of esters is 2. The molecule has 16 heavy (non-hydrogen) atoms. The molecule has 0 aromatic heterocycles. The highest BCUT2D eigenvalue weighted by molar-refractivity contribution is 7.97. The molecule has 0 atom stereocenters. The Morgan fingerprint density at radius 3 is 2.44 bits per heavy atom. The van der Waals surface area contributed by atoms with Gasteiger partial charge in [0.2, 0.25) is 5.75 Å². The van der Waals surface area contributed by atoms with Crippen LogP contribution >= 0.6 is 0 Å². The Bertz CT molecular complexity index is 236. The van der Waals surface area contributed by atoms with Crippen molar-refractivity contribution in [2.24, 2.45) is 0 Å². The van der Waals surface area contributed by atoms with Crippen molar-refractivity contribution in [3.05, 3.63) is 0 Å². The van der Waals surface area contributed by atoms with Gasteiger partial charge in [-0.1, -0.05) is 0 Å². The average molecular weight is 247 g/mol. The predicted octanol–water partition coefficient (Wildman–Crippen LogP) is 0.895. The molecule has 5 heteroatoms. The van der Waals surface area contributed by atoms with Crippen LogP contribution in [0.2, 0.25) is 0 Å². The van der Waals surface area contributed by atoms with Gasteiger partial charge in [-0.05, 0) is 30.2 Å². The Labute approximate surface area is 99.0 Å². The number of ether oxygens (including phenoxy) is 2. The molecule has 0 bridgehead atoms. The molecule has 0 radical (unpaired) electrons. The normalized spacial score (nSPS) is 16.8. The molecule has 1 fully saturated rings. The van der Waals surface area contributed by atoms with Crippen LogP contribution in [0, 0.1) is 0 Å². The van der Waals surface area contributed by atoms with Crippen LogP contribution in [0.3, 0.4) is 0 Å². The number of rotatable bonds is 5. The van der Waals surface area contributed by atoms with E-state index in [2.05, 4.69) is 4.74 Å². The highest BCUT2D eigenvalue weighted by Gasteiger charge is 2.25. The average Bonchev–Trinajstić information content (AvgIpc) is 2.30. The summed E-state index contributed by atoms with van der Waals surface area (Å²) in [4.78, 5) is 22.2. The molecule has 0 aliphatic carbocycles. The van der Waals surface area contributed by atoms with Gasteiger partial charge in [0.05, 0.1) is 13.5 Å². The fourth-order valence-electron chi connectivity index (χ4n) is 1.59. The largest absolute Gasteiger partial charge is 0.469 e. The van der Waals surface area contributed by atoms with Crippen LogP contribution in [0.15, 0.2) is 0 Å². The molecule has 92 valence electrons. The van der Waals surface area contributed by atoms with Gasteiger partial charge in [0.15, 0.2) is 0 Å². The molecule has 1 saturated heterocycles. The van der Waals surface area contributed by atoms with Crippen molar-refractivity contribution < 1.29 is 19.1 Å². The molecule has 0 amide bonds. The molecule has 0 saturated carbocycles. The molecular weight excluding hydrogens is 228 g/mol. The molecule has 0 aromatic carbocycles. The molecule has 4 nitrogen and oxygen atoms in total. The smallest absolute Gasteiger partial charge is 0.356 e. The van der Waals surface area contributed by atoms with Crippen LogP contribution in [-0.2, 0) is 30.0 Å². The Morgan fingerprint density at radius 2 is 1.81 bits per heavy atom. The van der Waals surface area contributed by atoms with Crippen molar-refractivity contribution in [3.8, 4) is 0 Å². The van der Waals surface area contributed by atoms with Gasteiger partial charge in [-0.2, -0.15) is 0 Å². The molecule has 0 aromatic rings. The standard InChI is InChI=1S/C11H19O4S/c1-14-10(12)5-6-15-11(13)9-16-7-3-2-4-8-16/h2-9H2,1H3/q+1. The van der Waals surface area contributed by atoms with Gasteiger partial charge >= 0.3 is 11.9 Å². The summed E-state index contributed by atoms with van der Waals surface area (Å²) in [6.07, 6.45) is 3.91. The maximum Gasteiger partial charge on any atom is 0.356 e. The van der Waals surface area contributed by atoms with Crippen LogP contribution in [0.25, 0.3) is 0 Å². The third-order valence-electron chi connectivity index (χ3n) is 2.48. The number of methoxy groups -OCH3 is 1. The SMILES string of the molecule is COC(=O)CCOC(=O)C[S+]1CCCCC1. The minimum atomic E-state index is -0.340. The monoisotopic (exact) mass is 247 g/mol. The van der Waals surface area contributed by atoms with Gasteiger partial charge in [0, 0.05) is 0 Å². The van der Waals surface area contributed by atoms with Gasteiger partial charge in [0.1, 0.15) is 18.1 Å². The van der Waals surface area contributed by atoms with Gasteiger partial charge < -0.3 is 9.47 Å². The van der Waals surface area contributed by atoms with Crippen LogP contribution in [0.4, 0.5) is 0 Å². The van der Waals surface area contributed by atoms with E-state index < -0.39 is 0 Å². The van der Waals surface area contributed by atoms with Gasteiger partial charge in [-0.3, -0.25) is 4.79 Å². The number of hydrogen-bond acceptors (Lipinski definition) is 4. The maximum atomic E-state index is 11.4. The second-order valence-electron chi connectivity index (χ2n) is 3.77. The lowest BCUT2D eigenvalue weighted by molar-refractivity contribution is -0.146. The summed E-state index contributed by atoms with van der Waals surface area (Å²) in [7, 11) is 1.55. The predicted molar refractivity (Wildman–Crippen MR) is 63.4 cm³/mol. The number of carbonyl (C=O) groups excluding carboxylic acids is 2. The third-order valence-corrected chi connectivity index (χ3v) is 4.86. The number of hydrogen-bond donors (Lipinski definition) is 0. The van der Waals surface area contributed by atoms with E-state index in [-0.39, 0.29) is 35.9 Å². The van der Waals surface area contributed by atoms with Crippen LogP contribution in [-0.4, -0.2) is 42.9 Å². The van der Waals surface area contributed by atoms with E-state index in [1.807, 2.05) is 0 Å². The van der Waals surface area contributed by atoms with E-state index >= 15 is 0 Å². The zero-order chi connectivity index (χ0) is 11.8. The van der Waals surface area contributed by atoms with E-state index in [9.17, 15) is 9.59 Å². The van der Waals surface area contributed by atoms with Crippen molar-refractivity contribution in [1.29, 1.82) is 0 Å². The van der Waals surface area contributed by atoms with Gasteiger partial charge in [0.25, 0.3) is 0 Å². The lowest BCUT2D eigenvalue weighted by Gasteiger charge is -2.12. The minimum Gasteiger partial charge on any atom is -0.469 e. The second-order valence-corrected chi connectivity index (χ2v) is 6.10. The van der Waals surface area contributed by atoms with Crippen molar-refractivity contribution in [1.82, 2.24) is 0 Å². The van der Waals surface area contributed by atoms with E-state index in [1.165, 1.54) is 26.4 Å². The summed E-state index contributed by atoms with van der Waals surface area (Å²) >= 11 is 0. The molecule has 1 heterocycles. The zero-order valence-electron chi connectivity index (χ0n) is 9.70. The summed E-state index contributed by atoms with van der Waals surface area (Å²) < 4.78 is 9.44. The topological polar surface area (TPSA) is 52.6 Å². The fraction of sp³-hybridized carbons (Fsp3) is 0.818. The molecule has 1 aliphatic rings. The van der Waals surface area contributed by atoms with Crippen molar-refractivity contribution >= 4 is 22.8 Å². The Hall–Kier alpha value is -0.710. The molecule has 1 aliphatic heterocycles. The third kappa shape index (κ3) is 5.39. The van der Waals surface area contributed by atoms with Crippen LogP contribution in [0.1, 0.15) is 25.7 Å². The van der Waals surface area contributed by atoms with E-state index in [1.54, 1.807) is 0 Å². The first kappa shape index (κ1) is 13.4. The second kappa shape index (κ2) is 7.54. The molecule has 1 rings (SSSR count). The first-order chi connectivity index (χ1) is 7.72. The first-order valence-corrected chi connectivity index (χ1v) is 7.32. The zero-order valence-corrected chi connectivity index (χ0v) is 10.5. The Balaban J connectivity index is 2.08. The van der Waals surface area contributed by atoms with Crippen molar-refractivity contribution in [2.75, 3.05) is 31.0 Å². The Kier molecular flexibility index (Phi) is 6.30. The van der Waals surface area contributed by atoms with Crippen LogP contribution in [0.5, 0.6) is 0 Å². The van der Waals surface area contributed by atoms with E-state index in [0.717, 1.165) is 11.5 Å². The highest BCUT2D eigenvalue weighted by Crippen LogP contribution is 2.13. The van der Waals surface area contributed by atoms with E-state index in [4.69, 9.17) is 4.74 Å². The van der Waals surface area contributed by atoms with E-state index in [0.29, 0.717) is 5.75 Å². The molecular formula is C11H19O4S+. The van der Waals surface area contributed by atoms with Gasteiger partial charge in [-0.25, -0.2) is 4.79 Å². The van der Waals surface area contributed by atoms with Gasteiger partial charge in [-0.15, -0.1) is 0 Å². The fourth-order valence-corrected chi connectivity index (χ4v) is 3.73. The van der Waals surface area contributed by atoms with Crippen LogP contribution < -0.4 is 0 Å². The summed E-state index contributed by atoms with van der Waals surface area (Å²) in [5.74, 6) is 2.33. The summed E-state index contributed by atoms with van der Waals surface area (Å²) in [5, 5.41) is 0. The molecule has 0 N–H and O–H groups in total.